The lowest BCUT2D eigenvalue weighted by Gasteiger charge is -2.29. The van der Waals surface area contributed by atoms with Crippen LogP contribution in [0.15, 0.2) is 24.5 Å². The van der Waals surface area contributed by atoms with Crippen molar-refractivity contribution < 1.29 is 24.2 Å². The zero-order chi connectivity index (χ0) is 24.9. The first-order chi connectivity index (χ1) is 16.8. The van der Waals surface area contributed by atoms with Crippen LogP contribution < -0.4 is 14.8 Å². The summed E-state index contributed by atoms with van der Waals surface area (Å²) in [7, 11) is 1.51. The summed E-state index contributed by atoms with van der Waals surface area (Å²) >= 11 is 7.20. The topological polar surface area (TPSA) is 140 Å². The van der Waals surface area contributed by atoms with Crippen LogP contribution in [0.1, 0.15) is 28.9 Å². The van der Waals surface area contributed by atoms with Crippen LogP contribution in [-0.2, 0) is 0 Å². The maximum atomic E-state index is 13.1. The molecule has 0 saturated carbocycles. The summed E-state index contributed by atoms with van der Waals surface area (Å²) in [4.78, 5) is 33.8. The molecular weight excluding hydrogens is 496 g/mol. The molecule has 2 N–H and O–H groups in total. The number of nitrogens with zero attached hydrogens (tertiary/aromatic N) is 5. The fourth-order valence-corrected chi connectivity index (χ4v) is 4.47. The number of rotatable bonds is 7. The molecule has 3 aromatic heterocycles. The minimum absolute atomic E-state index is 0.232. The van der Waals surface area contributed by atoms with Crippen LogP contribution in [0.2, 0.25) is 5.15 Å². The molecular formula is C22H23ClN6O5S. The van der Waals surface area contributed by atoms with Crippen LogP contribution in [0.4, 0.5) is 9.93 Å². The van der Waals surface area contributed by atoms with E-state index < -0.39 is 12.0 Å². The second kappa shape index (κ2) is 10.8. The second-order valence-electron chi connectivity index (χ2n) is 7.93. The molecule has 1 saturated heterocycles. The van der Waals surface area contributed by atoms with Gasteiger partial charge in [-0.1, -0.05) is 16.7 Å². The molecule has 184 valence electrons. The molecule has 0 radical (unpaired) electrons. The number of carboxylic acid groups (broad SMARTS) is 1. The predicted octanol–water partition coefficient (Wildman–Crippen LogP) is 3.99. The maximum Gasteiger partial charge on any atom is 0.407 e. The second-order valence-corrected chi connectivity index (χ2v) is 9.26. The number of likely N-dealkylation sites (tertiary alicyclic amines) is 1. The van der Waals surface area contributed by atoms with Crippen molar-refractivity contribution in [3.63, 3.8) is 0 Å². The van der Waals surface area contributed by atoms with Crippen molar-refractivity contribution in [1.29, 1.82) is 0 Å². The number of pyridine rings is 2. The fourth-order valence-electron chi connectivity index (χ4n) is 3.72. The number of hydrogen-bond donors (Lipinski definition) is 2. The SMILES string of the molecule is COc1cnc(Cl)cc1-c1cc(C)ncc1C(=O)Nc1nnc(OCC2CCN(C(=O)O)CC2)s1. The number of hydrogen-bond acceptors (Lipinski definition) is 9. The van der Waals surface area contributed by atoms with Gasteiger partial charge in [-0.3, -0.25) is 15.1 Å². The Balaban J connectivity index is 1.43. The Morgan fingerprint density at radius 3 is 2.69 bits per heavy atom. The van der Waals surface area contributed by atoms with Gasteiger partial charge in [-0.05, 0) is 49.2 Å². The quantitative estimate of drug-likeness (QED) is 0.444. The molecule has 0 bridgehead atoms. The minimum Gasteiger partial charge on any atom is -0.494 e. The van der Waals surface area contributed by atoms with E-state index in [1.54, 1.807) is 12.1 Å². The van der Waals surface area contributed by atoms with Crippen molar-refractivity contribution in [2.24, 2.45) is 5.92 Å². The lowest BCUT2D eigenvalue weighted by Crippen LogP contribution is -2.38. The number of aryl methyl sites for hydroxylation is 1. The standard InChI is InChI=1S/C22H23ClN6O5S/c1-12-7-14(15-8-18(23)25-10-17(15)33-2)16(9-24-12)19(30)26-20-27-28-21(35-20)34-11-13-3-5-29(6-4-13)22(31)32/h7-10,13H,3-6,11H2,1-2H3,(H,31,32)(H,26,27,30). The van der Waals surface area contributed by atoms with Gasteiger partial charge >= 0.3 is 6.09 Å². The van der Waals surface area contributed by atoms with E-state index in [-0.39, 0.29) is 16.2 Å². The molecule has 4 heterocycles. The van der Waals surface area contributed by atoms with Gasteiger partial charge < -0.3 is 19.5 Å². The van der Waals surface area contributed by atoms with E-state index >= 15 is 0 Å². The van der Waals surface area contributed by atoms with E-state index in [1.165, 1.54) is 24.4 Å². The van der Waals surface area contributed by atoms with E-state index in [0.717, 1.165) is 24.2 Å². The highest BCUT2D eigenvalue weighted by molar-refractivity contribution is 7.17. The molecule has 35 heavy (non-hydrogen) atoms. The van der Waals surface area contributed by atoms with Crippen LogP contribution >= 0.6 is 22.9 Å². The zero-order valence-corrected chi connectivity index (χ0v) is 20.6. The average Bonchev–Trinajstić information content (AvgIpc) is 3.30. The molecule has 4 rings (SSSR count). The number of nitrogens with one attached hydrogen (secondary N) is 1. The Morgan fingerprint density at radius 2 is 1.97 bits per heavy atom. The first-order valence-corrected chi connectivity index (χ1v) is 12.0. The monoisotopic (exact) mass is 518 g/mol. The van der Waals surface area contributed by atoms with Gasteiger partial charge in [-0.2, -0.15) is 0 Å². The predicted molar refractivity (Wildman–Crippen MR) is 129 cm³/mol. The number of piperidine rings is 1. The van der Waals surface area contributed by atoms with Crippen molar-refractivity contribution >= 4 is 40.1 Å². The van der Waals surface area contributed by atoms with E-state index in [1.807, 2.05) is 6.92 Å². The van der Waals surface area contributed by atoms with Crippen LogP contribution in [0, 0.1) is 12.8 Å². The fraction of sp³-hybridized carbons (Fsp3) is 0.364. The van der Waals surface area contributed by atoms with Gasteiger partial charge in [0.1, 0.15) is 10.9 Å². The number of methoxy groups -OCH3 is 1. The summed E-state index contributed by atoms with van der Waals surface area (Å²) in [6.07, 6.45) is 3.53. The van der Waals surface area contributed by atoms with Crippen LogP contribution in [0.5, 0.6) is 10.9 Å². The molecule has 1 aliphatic rings. The van der Waals surface area contributed by atoms with Crippen LogP contribution in [0.25, 0.3) is 11.1 Å². The summed E-state index contributed by atoms with van der Waals surface area (Å²) in [6, 6.07) is 3.40. The van der Waals surface area contributed by atoms with Gasteiger partial charge in [0.15, 0.2) is 0 Å². The van der Waals surface area contributed by atoms with Crippen molar-refractivity contribution in [2.75, 3.05) is 32.1 Å². The molecule has 0 spiro atoms. The molecule has 3 aromatic rings. The smallest absolute Gasteiger partial charge is 0.407 e. The van der Waals surface area contributed by atoms with Gasteiger partial charge in [0, 0.05) is 36.1 Å². The lowest BCUT2D eigenvalue weighted by molar-refractivity contribution is 0.102. The van der Waals surface area contributed by atoms with Gasteiger partial charge in [0.05, 0.1) is 25.5 Å². The molecule has 0 aromatic carbocycles. The molecule has 11 nitrogen and oxygen atoms in total. The number of amides is 2. The average molecular weight is 519 g/mol. The number of carbonyl (C=O) groups excluding carboxylic acids is 1. The Labute approximate surface area is 210 Å². The Hall–Kier alpha value is -3.51. The van der Waals surface area contributed by atoms with Crippen molar-refractivity contribution in [3.8, 4) is 22.1 Å². The Bertz CT molecular complexity index is 1230. The number of aromatic nitrogens is 4. The molecule has 0 unspecified atom stereocenters. The first kappa shape index (κ1) is 24.6. The van der Waals surface area contributed by atoms with Crippen LogP contribution in [0.3, 0.4) is 0 Å². The normalized spacial score (nSPS) is 14.0. The third kappa shape index (κ3) is 5.95. The van der Waals surface area contributed by atoms with Gasteiger partial charge in [-0.25, -0.2) is 9.78 Å². The lowest BCUT2D eigenvalue weighted by atomic mass is 9.98. The number of carbonyl (C=O) groups is 2. The first-order valence-electron chi connectivity index (χ1n) is 10.8. The molecule has 0 aliphatic carbocycles. The molecule has 13 heteroatoms. The van der Waals surface area contributed by atoms with Gasteiger partial charge in [0.25, 0.3) is 11.1 Å². The highest BCUT2D eigenvalue weighted by Gasteiger charge is 2.23. The molecule has 1 aliphatic heterocycles. The molecule has 2 amide bonds. The highest BCUT2D eigenvalue weighted by atomic mass is 35.5. The van der Waals surface area contributed by atoms with E-state index in [2.05, 4.69) is 25.5 Å². The maximum absolute atomic E-state index is 13.1. The number of ether oxygens (including phenoxy) is 2. The number of anilines is 1. The third-order valence-electron chi connectivity index (χ3n) is 5.58. The Morgan fingerprint density at radius 1 is 1.20 bits per heavy atom. The van der Waals surface area contributed by atoms with Gasteiger partial charge in [0.2, 0.25) is 5.13 Å². The van der Waals surface area contributed by atoms with Crippen molar-refractivity contribution in [2.45, 2.75) is 19.8 Å². The minimum atomic E-state index is -0.897. The third-order valence-corrected chi connectivity index (χ3v) is 6.54. The molecule has 0 atom stereocenters. The zero-order valence-electron chi connectivity index (χ0n) is 19.0. The Kier molecular flexibility index (Phi) is 7.61. The van der Waals surface area contributed by atoms with Crippen molar-refractivity contribution in [1.82, 2.24) is 25.1 Å². The summed E-state index contributed by atoms with van der Waals surface area (Å²) < 4.78 is 11.1. The van der Waals surface area contributed by atoms with Crippen LogP contribution in [-0.4, -0.2) is 69.0 Å². The summed E-state index contributed by atoms with van der Waals surface area (Å²) in [5, 5.41) is 20.6. The number of halogens is 1. The summed E-state index contributed by atoms with van der Waals surface area (Å²) in [6.45, 7) is 3.20. The summed E-state index contributed by atoms with van der Waals surface area (Å²) in [5.41, 5.74) is 2.22. The van der Waals surface area contributed by atoms with Gasteiger partial charge in [-0.15, -0.1) is 5.10 Å². The summed E-state index contributed by atoms with van der Waals surface area (Å²) in [5.74, 6) is 0.275. The van der Waals surface area contributed by atoms with Crippen molar-refractivity contribution in [3.05, 3.63) is 40.9 Å². The van der Waals surface area contributed by atoms with E-state index in [4.69, 9.17) is 26.2 Å². The van der Waals surface area contributed by atoms with E-state index in [0.29, 0.717) is 53.0 Å². The largest absolute Gasteiger partial charge is 0.494 e. The van der Waals surface area contributed by atoms with E-state index in [9.17, 15) is 9.59 Å². The highest BCUT2D eigenvalue weighted by Crippen LogP contribution is 2.34. The molecule has 1 fully saturated rings.